The third-order valence-corrected chi connectivity index (χ3v) is 3.16. The predicted molar refractivity (Wildman–Crippen MR) is 87.5 cm³/mol. The predicted octanol–water partition coefficient (Wildman–Crippen LogP) is 2.97. The fourth-order valence-electron chi connectivity index (χ4n) is 2.20. The van der Waals surface area contributed by atoms with Crippen LogP contribution in [-0.2, 0) is 13.1 Å². The standard InChI is InChI=1S/C17H23N3O3/c1-12(2)11-22-17-14(7-6-8-15(17)21-5)9-20(4)10-16-18-13(3)23-19-16/h6-8H,1,9-11H2,2-5H3. The monoisotopic (exact) mass is 317 g/mol. The van der Waals surface area contributed by atoms with E-state index in [2.05, 4.69) is 21.6 Å². The van der Waals surface area contributed by atoms with E-state index in [1.807, 2.05) is 32.2 Å². The van der Waals surface area contributed by atoms with Crippen LogP contribution in [0.25, 0.3) is 0 Å². The molecule has 0 spiro atoms. The number of methoxy groups -OCH3 is 1. The fraction of sp³-hybridized carbons (Fsp3) is 0.412. The molecule has 0 radical (unpaired) electrons. The Morgan fingerprint density at radius 3 is 2.74 bits per heavy atom. The minimum absolute atomic E-state index is 0.459. The molecule has 2 aromatic rings. The highest BCUT2D eigenvalue weighted by atomic mass is 16.5. The van der Waals surface area contributed by atoms with E-state index in [0.717, 1.165) is 16.9 Å². The van der Waals surface area contributed by atoms with Crippen LogP contribution in [0, 0.1) is 6.92 Å². The topological polar surface area (TPSA) is 60.6 Å². The van der Waals surface area contributed by atoms with Crippen LogP contribution in [0.4, 0.5) is 0 Å². The minimum Gasteiger partial charge on any atom is -0.493 e. The van der Waals surface area contributed by atoms with Crippen molar-refractivity contribution in [3.8, 4) is 11.5 Å². The molecule has 6 heteroatoms. The van der Waals surface area contributed by atoms with Crippen LogP contribution >= 0.6 is 0 Å². The molecular formula is C17H23N3O3. The van der Waals surface area contributed by atoms with Crippen molar-refractivity contribution in [1.29, 1.82) is 0 Å². The van der Waals surface area contributed by atoms with Gasteiger partial charge in [-0.25, -0.2) is 0 Å². The van der Waals surface area contributed by atoms with Gasteiger partial charge in [0, 0.05) is 19.0 Å². The van der Waals surface area contributed by atoms with Gasteiger partial charge in [-0.3, -0.25) is 4.90 Å². The van der Waals surface area contributed by atoms with Gasteiger partial charge < -0.3 is 14.0 Å². The summed E-state index contributed by atoms with van der Waals surface area (Å²) in [6.45, 7) is 9.31. The summed E-state index contributed by atoms with van der Waals surface area (Å²) < 4.78 is 16.3. The summed E-state index contributed by atoms with van der Waals surface area (Å²) in [4.78, 5) is 6.31. The summed E-state index contributed by atoms with van der Waals surface area (Å²) in [7, 11) is 3.63. The second-order valence-corrected chi connectivity index (χ2v) is 5.60. The Labute approximate surface area is 136 Å². The molecule has 0 saturated heterocycles. The zero-order valence-corrected chi connectivity index (χ0v) is 14.1. The average Bonchev–Trinajstić information content (AvgIpc) is 2.90. The third-order valence-electron chi connectivity index (χ3n) is 3.16. The summed E-state index contributed by atoms with van der Waals surface area (Å²) in [5.41, 5.74) is 1.99. The molecule has 23 heavy (non-hydrogen) atoms. The van der Waals surface area contributed by atoms with Crippen molar-refractivity contribution in [2.45, 2.75) is 26.9 Å². The van der Waals surface area contributed by atoms with Crippen LogP contribution in [0.15, 0.2) is 34.9 Å². The Morgan fingerprint density at radius 1 is 1.35 bits per heavy atom. The van der Waals surface area contributed by atoms with Crippen molar-refractivity contribution in [1.82, 2.24) is 15.0 Å². The van der Waals surface area contributed by atoms with Crippen LogP contribution in [-0.4, -0.2) is 35.8 Å². The molecule has 6 nitrogen and oxygen atoms in total. The van der Waals surface area contributed by atoms with E-state index in [0.29, 0.717) is 37.2 Å². The van der Waals surface area contributed by atoms with Gasteiger partial charge in [0.15, 0.2) is 17.3 Å². The van der Waals surface area contributed by atoms with Crippen LogP contribution in [0.3, 0.4) is 0 Å². The number of aryl methyl sites for hydroxylation is 1. The summed E-state index contributed by atoms with van der Waals surface area (Å²) in [6, 6.07) is 5.86. The second kappa shape index (κ2) is 7.78. The molecule has 2 rings (SSSR count). The van der Waals surface area contributed by atoms with Crippen molar-refractivity contribution in [3.05, 3.63) is 47.6 Å². The normalized spacial score (nSPS) is 10.8. The lowest BCUT2D eigenvalue weighted by Crippen LogP contribution is -2.19. The Kier molecular flexibility index (Phi) is 5.76. The molecule has 124 valence electrons. The maximum absolute atomic E-state index is 5.87. The maximum atomic E-state index is 5.87. The molecule has 0 N–H and O–H groups in total. The summed E-state index contributed by atoms with van der Waals surface area (Å²) in [5.74, 6) is 2.69. The van der Waals surface area contributed by atoms with Gasteiger partial charge in [0.05, 0.1) is 13.7 Å². The number of hydrogen-bond donors (Lipinski definition) is 0. The largest absolute Gasteiger partial charge is 0.493 e. The van der Waals surface area contributed by atoms with Gasteiger partial charge >= 0.3 is 0 Å². The molecular weight excluding hydrogens is 294 g/mol. The van der Waals surface area contributed by atoms with Gasteiger partial charge in [-0.15, -0.1) is 0 Å². The minimum atomic E-state index is 0.459. The second-order valence-electron chi connectivity index (χ2n) is 5.60. The van der Waals surface area contributed by atoms with Crippen molar-refractivity contribution in [2.75, 3.05) is 20.8 Å². The van der Waals surface area contributed by atoms with Gasteiger partial charge in [0.1, 0.15) is 6.61 Å². The molecule has 0 amide bonds. The first-order valence-corrected chi connectivity index (χ1v) is 7.40. The Hall–Kier alpha value is -2.34. The Bertz CT molecular complexity index is 667. The number of nitrogens with zero attached hydrogens (tertiary/aromatic N) is 3. The molecule has 0 bridgehead atoms. The van der Waals surface area contributed by atoms with Crippen LogP contribution in [0.5, 0.6) is 11.5 Å². The molecule has 1 heterocycles. The first-order valence-electron chi connectivity index (χ1n) is 7.40. The molecule has 0 saturated carbocycles. The SMILES string of the molecule is C=C(C)COc1c(CN(C)Cc2noc(C)n2)cccc1OC. The molecule has 0 aliphatic heterocycles. The highest BCUT2D eigenvalue weighted by Gasteiger charge is 2.14. The number of hydrogen-bond acceptors (Lipinski definition) is 6. The van der Waals surface area contributed by atoms with E-state index in [9.17, 15) is 0 Å². The van der Waals surface area contributed by atoms with Gasteiger partial charge in [-0.1, -0.05) is 23.9 Å². The maximum Gasteiger partial charge on any atom is 0.223 e. The van der Waals surface area contributed by atoms with E-state index in [4.69, 9.17) is 14.0 Å². The fourth-order valence-corrected chi connectivity index (χ4v) is 2.20. The van der Waals surface area contributed by atoms with E-state index >= 15 is 0 Å². The molecule has 0 atom stereocenters. The zero-order chi connectivity index (χ0) is 16.8. The van der Waals surface area contributed by atoms with Crippen LogP contribution in [0.2, 0.25) is 0 Å². The molecule has 0 unspecified atom stereocenters. The highest BCUT2D eigenvalue weighted by Crippen LogP contribution is 2.32. The first-order chi connectivity index (χ1) is 11.0. The first kappa shape index (κ1) is 17.0. The van der Waals surface area contributed by atoms with Crippen LogP contribution in [0.1, 0.15) is 24.2 Å². The number of aromatic nitrogens is 2. The lowest BCUT2D eigenvalue weighted by Gasteiger charge is -2.19. The summed E-state index contributed by atoms with van der Waals surface area (Å²) >= 11 is 0. The van der Waals surface area contributed by atoms with Gasteiger partial charge in [0.2, 0.25) is 5.89 Å². The van der Waals surface area contributed by atoms with E-state index in [1.165, 1.54) is 0 Å². The Balaban J connectivity index is 2.12. The molecule has 0 aliphatic carbocycles. The van der Waals surface area contributed by atoms with E-state index in [-0.39, 0.29) is 0 Å². The quantitative estimate of drug-likeness (QED) is 0.698. The third kappa shape index (κ3) is 4.82. The van der Waals surface area contributed by atoms with Crippen molar-refractivity contribution >= 4 is 0 Å². The van der Waals surface area contributed by atoms with E-state index in [1.54, 1.807) is 14.0 Å². The smallest absolute Gasteiger partial charge is 0.223 e. The zero-order valence-electron chi connectivity index (χ0n) is 14.1. The number of para-hydroxylation sites is 1. The lowest BCUT2D eigenvalue weighted by atomic mass is 10.1. The van der Waals surface area contributed by atoms with Gasteiger partial charge in [-0.2, -0.15) is 4.98 Å². The Morgan fingerprint density at radius 2 is 2.13 bits per heavy atom. The highest BCUT2D eigenvalue weighted by molar-refractivity contribution is 5.46. The summed E-state index contributed by atoms with van der Waals surface area (Å²) in [5, 5.41) is 3.92. The number of ether oxygens (including phenoxy) is 2. The van der Waals surface area contributed by atoms with Crippen molar-refractivity contribution in [2.24, 2.45) is 0 Å². The average molecular weight is 317 g/mol. The summed E-state index contributed by atoms with van der Waals surface area (Å²) in [6.07, 6.45) is 0. The van der Waals surface area contributed by atoms with Crippen LogP contribution < -0.4 is 9.47 Å². The lowest BCUT2D eigenvalue weighted by molar-refractivity contribution is 0.281. The van der Waals surface area contributed by atoms with E-state index < -0.39 is 0 Å². The molecule has 1 aromatic carbocycles. The van der Waals surface area contributed by atoms with Gasteiger partial charge in [0.25, 0.3) is 0 Å². The molecule has 0 aliphatic rings. The van der Waals surface area contributed by atoms with Crippen molar-refractivity contribution < 1.29 is 14.0 Å². The molecule has 0 fully saturated rings. The number of rotatable bonds is 8. The van der Waals surface area contributed by atoms with Gasteiger partial charge in [-0.05, 0) is 25.6 Å². The molecule has 1 aromatic heterocycles. The van der Waals surface area contributed by atoms with Crippen molar-refractivity contribution in [3.63, 3.8) is 0 Å². The number of benzene rings is 1.